The van der Waals surface area contributed by atoms with E-state index in [0.29, 0.717) is 37.3 Å². The van der Waals surface area contributed by atoms with Crippen molar-refractivity contribution in [3.63, 3.8) is 0 Å². The van der Waals surface area contributed by atoms with Crippen LogP contribution >= 0.6 is 0 Å². The third-order valence-electron chi connectivity index (χ3n) is 2.86. The average Bonchev–Trinajstić information content (AvgIpc) is 2.56. The summed E-state index contributed by atoms with van der Waals surface area (Å²) in [7, 11) is 0. The topological polar surface area (TPSA) is 70.2 Å². The summed E-state index contributed by atoms with van der Waals surface area (Å²) in [6, 6.07) is 4.48. The summed E-state index contributed by atoms with van der Waals surface area (Å²) in [6.45, 7) is 1.20. The molecule has 5 heteroatoms. The molecular weight excluding hydrogens is 221 g/mol. The molecule has 0 aliphatic carbocycles. The first kappa shape index (κ1) is 11.6. The minimum atomic E-state index is -0.334. The maximum atomic E-state index is 13.0. The van der Waals surface area contributed by atoms with Gasteiger partial charge in [0.15, 0.2) is 0 Å². The van der Waals surface area contributed by atoms with Gasteiger partial charge in [-0.05, 0) is 24.1 Å². The Hall–Kier alpha value is -1.91. The van der Waals surface area contributed by atoms with Crippen molar-refractivity contribution in [1.82, 2.24) is 4.90 Å². The highest BCUT2D eigenvalue weighted by molar-refractivity contribution is 6.00. The van der Waals surface area contributed by atoms with Gasteiger partial charge in [0.2, 0.25) is 5.91 Å². The highest BCUT2D eigenvalue weighted by Crippen LogP contribution is 2.23. The number of primary amides is 1. The molecule has 0 atom stereocenters. The smallest absolute Gasteiger partial charge is 0.217 e. The number of carbonyl (C=O) groups excluding carboxylic acids is 1. The zero-order chi connectivity index (χ0) is 12.4. The number of hydrogen-bond acceptors (Lipinski definition) is 2. The zero-order valence-corrected chi connectivity index (χ0v) is 9.37. The van der Waals surface area contributed by atoms with E-state index in [9.17, 15) is 9.18 Å². The number of nitrogens with one attached hydrogen (secondary N) is 1. The Morgan fingerprint density at radius 2 is 2.29 bits per heavy atom. The van der Waals surface area contributed by atoms with Gasteiger partial charge in [-0.3, -0.25) is 10.2 Å². The van der Waals surface area contributed by atoms with Gasteiger partial charge in [0.1, 0.15) is 11.7 Å². The summed E-state index contributed by atoms with van der Waals surface area (Å²) in [6.07, 6.45) is 0.933. The van der Waals surface area contributed by atoms with Crippen molar-refractivity contribution in [2.45, 2.75) is 19.4 Å². The third kappa shape index (κ3) is 2.43. The number of amides is 1. The van der Waals surface area contributed by atoms with Crippen LogP contribution in [0.2, 0.25) is 0 Å². The normalized spacial score (nSPS) is 13.9. The van der Waals surface area contributed by atoms with Crippen molar-refractivity contribution in [2.24, 2.45) is 5.73 Å². The van der Waals surface area contributed by atoms with Crippen molar-refractivity contribution in [3.8, 4) is 0 Å². The number of halogens is 1. The molecule has 2 rings (SSSR count). The van der Waals surface area contributed by atoms with Crippen LogP contribution in [-0.2, 0) is 11.3 Å². The monoisotopic (exact) mass is 235 g/mol. The van der Waals surface area contributed by atoms with Crippen LogP contribution in [0.1, 0.15) is 24.0 Å². The average molecular weight is 235 g/mol. The van der Waals surface area contributed by atoms with E-state index in [0.717, 1.165) is 5.56 Å². The van der Waals surface area contributed by atoms with Gasteiger partial charge >= 0.3 is 0 Å². The summed E-state index contributed by atoms with van der Waals surface area (Å²) in [4.78, 5) is 12.4. The molecule has 0 aromatic heterocycles. The number of nitrogens with zero attached hydrogens (tertiary/aromatic N) is 1. The Morgan fingerprint density at radius 1 is 1.53 bits per heavy atom. The highest BCUT2D eigenvalue weighted by Gasteiger charge is 2.23. The molecule has 0 saturated carbocycles. The Kier molecular flexibility index (Phi) is 3.08. The van der Waals surface area contributed by atoms with Gasteiger partial charge < -0.3 is 10.6 Å². The molecule has 0 bridgehead atoms. The molecule has 0 saturated heterocycles. The van der Waals surface area contributed by atoms with Crippen LogP contribution in [0.4, 0.5) is 4.39 Å². The number of amidine groups is 1. The van der Waals surface area contributed by atoms with Crippen molar-refractivity contribution in [2.75, 3.05) is 6.54 Å². The third-order valence-corrected chi connectivity index (χ3v) is 2.86. The van der Waals surface area contributed by atoms with E-state index in [4.69, 9.17) is 11.1 Å². The molecule has 1 aromatic carbocycles. The lowest BCUT2D eigenvalue weighted by Crippen LogP contribution is -2.26. The second kappa shape index (κ2) is 4.53. The summed E-state index contributed by atoms with van der Waals surface area (Å²) in [5.41, 5.74) is 6.65. The highest BCUT2D eigenvalue weighted by atomic mass is 19.1. The first-order chi connectivity index (χ1) is 8.08. The largest absolute Gasteiger partial charge is 0.370 e. The Morgan fingerprint density at radius 3 is 3.00 bits per heavy atom. The standard InChI is InChI=1S/C12H14FN3O/c13-9-4-3-8-7-16(5-1-2-11(14)17)12(15)10(8)6-9/h3-4,6,15H,1-2,5,7H2,(H2,14,17). The summed E-state index contributed by atoms with van der Waals surface area (Å²) in [5.74, 6) is -0.337. The van der Waals surface area contributed by atoms with Gasteiger partial charge in [0, 0.05) is 25.1 Å². The maximum absolute atomic E-state index is 13.0. The molecular formula is C12H14FN3O. The lowest BCUT2D eigenvalue weighted by Gasteiger charge is -2.16. The molecule has 1 aliphatic rings. The van der Waals surface area contributed by atoms with E-state index in [2.05, 4.69) is 0 Å². The van der Waals surface area contributed by atoms with Crippen molar-refractivity contribution in [1.29, 1.82) is 5.41 Å². The van der Waals surface area contributed by atoms with Gasteiger partial charge in [-0.1, -0.05) is 6.07 Å². The van der Waals surface area contributed by atoms with Gasteiger partial charge in [-0.2, -0.15) is 0 Å². The van der Waals surface area contributed by atoms with Crippen molar-refractivity contribution >= 4 is 11.7 Å². The molecule has 3 N–H and O–H groups in total. The van der Waals surface area contributed by atoms with E-state index >= 15 is 0 Å². The summed E-state index contributed by atoms with van der Waals surface area (Å²) < 4.78 is 13.0. The summed E-state index contributed by atoms with van der Waals surface area (Å²) >= 11 is 0. The van der Waals surface area contributed by atoms with Crippen LogP contribution in [0.25, 0.3) is 0 Å². The quantitative estimate of drug-likeness (QED) is 0.824. The Bertz CT molecular complexity index is 473. The van der Waals surface area contributed by atoms with Crippen molar-refractivity contribution < 1.29 is 9.18 Å². The molecule has 0 fully saturated rings. The van der Waals surface area contributed by atoms with E-state index in [1.165, 1.54) is 12.1 Å². The second-order valence-corrected chi connectivity index (χ2v) is 4.14. The first-order valence-corrected chi connectivity index (χ1v) is 5.48. The molecule has 1 aromatic rings. The molecule has 1 heterocycles. The van der Waals surface area contributed by atoms with Gasteiger partial charge in [0.25, 0.3) is 0 Å². The zero-order valence-electron chi connectivity index (χ0n) is 9.37. The number of rotatable bonds is 4. The van der Waals surface area contributed by atoms with Gasteiger partial charge in [-0.25, -0.2) is 4.39 Å². The van der Waals surface area contributed by atoms with Crippen LogP contribution in [0.15, 0.2) is 18.2 Å². The molecule has 17 heavy (non-hydrogen) atoms. The van der Waals surface area contributed by atoms with Gasteiger partial charge in [0.05, 0.1) is 0 Å². The number of hydrogen-bond donors (Lipinski definition) is 2. The second-order valence-electron chi connectivity index (χ2n) is 4.14. The van der Waals surface area contributed by atoms with Gasteiger partial charge in [-0.15, -0.1) is 0 Å². The van der Waals surface area contributed by atoms with E-state index in [1.54, 1.807) is 6.07 Å². The number of carbonyl (C=O) groups is 1. The number of benzene rings is 1. The molecule has 90 valence electrons. The number of nitrogens with two attached hydrogens (primary N) is 1. The number of fused-ring (bicyclic) bond motifs is 1. The fourth-order valence-corrected chi connectivity index (χ4v) is 2.00. The lowest BCUT2D eigenvalue weighted by molar-refractivity contribution is -0.118. The Labute approximate surface area is 98.7 Å². The predicted octanol–water partition coefficient (Wildman–Crippen LogP) is 1.23. The summed E-state index contributed by atoms with van der Waals surface area (Å²) in [5, 5.41) is 7.91. The van der Waals surface area contributed by atoms with E-state index in [-0.39, 0.29) is 11.7 Å². The van der Waals surface area contributed by atoms with Crippen LogP contribution < -0.4 is 5.73 Å². The fraction of sp³-hybridized carbons (Fsp3) is 0.333. The molecule has 1 amide bonds. The minimum Gasteiger partial charge on any atom is -0.370 e. The molecule has 4 nitrogen and oxygen atoms in total. The van der Waals surface area contributed by atoms with Crippen LogP contribution in [0.5, 0.6) is 0 Å². The molecule has 0 spiro atoms. The van der Waals surface area contributed by atoms with E-state index < -0.39 is 0 Å². The van der Waals surface area contributed by atoms with Crippen LogP contribution in [-0.4, -0.2) is 23.2 Å². The predicted molar refractivity (Wildman–Crippen MR) is 62.1 cm³/mol. The SMILES string of the molecule is N=C1c2cc(F)ccc2CN1CCCC(N)=O. The van der Waals surface area contributed by atoms with Crippen LogP contribution in [0, 0.1) is 11.2 Å². The van der Waals surface area contributed by atoms with Crippen LogP contribution in [0.3, 0.4) is 0 Å². The fourth-order valence-electron chi connectivity index (χ4n) is 2.00. The molecule has 0 radical (unpaired) electrons. The maximum Gasteiger partial charge on any atom is 0.217 e. The van der Waals surface area contributed by atoms with E-state index in [1.807, 2.05) is 4.90 Å². The minimum absolute atomic E-state index is 0.314. The van der Waals surface area contributed by atoms with Crippen molar-refractivity contribution in [3.05, 3.63) is 35.1 Å². The Balaban J connectivity index is 2.02. The first-order valence-electron chi connectivity index (χ1n) is 5.48. The molecule has 1 aliphatic heterocycles. The molecule has 0 unspecified atom stereocenters. The lowest BCUT2D eigenvalue weighted by atomic mass is 10.1.